The lowest BCUT2D eigenvalue weighted by molar-refractivity contribution is -0.936. The molecule has 1 saturated heterocycles. The largest absolute Gasteiger partial charge is 1.00 e. The van der Waals surface area contributed by atoms with Gasteiger partial charge in [0.15, 0.2) is 6.67 Å². The highest BCUT2D eigenvalue weighted by Crippen LogP contribution is 2.19. The van der Waals surface area contributed by atoms with E-state index in [0.717, 1.165) is 76.6 Å². The summed E-state index contributed by atoms with van der Waals surface area (Å²) in [4.78, 5) is 14.4. The number of carbonyl (C=O) groups is 1. The Balaban J connectivity index is 0.00000900. The molecule has 0 atom stereocenters. The number of quaternary nitrogens is 1. The summed E-state index contributed by atoms with van der Waals surface area (Å²) in [7, 11) is 0. The maximum Gasteiger partial charge on any atom is 0.226 e. The summed E-state index contributed by atoms with van der Waals surface area (Å²) >= 11 is 0. The van der Waals surface area contributed by atoms with Crippen molar-refractivity contribution in [3.8, 4) is 0 Å². The predicted octanol–water partition coefficient (Wildman–Crippen LogP) is 2.38. The standard InChI is InChI=1S/C25H51N2O3.ClH/c1-4-7-8-9-10-11-12-13-14-15-19-27(20-22-29-5-2,21-23-30-6-3)24-26-18-16-17-25(26)28;/h4-24H2,1-3H3;1H/q+1;/p-1. The van der Waals surface area contributed by atoms with Gasteiger partial charge in [-0.3, -0.25) is 9.69 Å². The molecule has 0 aromatic carbocycles. The van der Waals surface area contributed by atoms with Gasteiger partial charge in [0, 0.05) is 26.2 Å². The summed E-state index contributed by atoms with van der Waals surface area (Å²) in [5.74, 6) is 0.327. The highest BCUT2D eigenvalue weighted by atomic mass is 35.5. The van der Waals surface area contributed by atoms with Crippen LogP contribution in [0.15, 0.2) is 0 Å². The van der Waals surface area contributed by atoms with Crippen molar-refractivity contribution in [2.75, 3.05) is 59.3 Å². The van der Waals surface area contributed by atoms with Gasteiger partial charge < -0.3 is 26.4 Å². The Morgan fingerprint density at radius 2 is 1.29 bits per heavy atom. The van der Waals surface area contributed by atoms with Gasteiger partial charge in [-0.1, -0.05) is 58.3 Å². The Morgan fingerprint density at radius 1 is 0.774 bits per heavy atom. The molecule has 0 spiro atoms. The number of unbranched alkanes of at least 4 members (excludes halogenated alkanes) is 9. The second-order valence-electron chi connectivity index (χ2n) is 8.99. The van der Waals surface area contributed by atoms with Crippen LogP contribution in [0.25, 0.3) is 0 Å². The second kappa shape index (κ2) is 20.3. The van der Waals surface area contributed by atoms with Gasteiger partial charge in [0.05, 0.1) is 19.8 Å². The zero-order valence-electron chi connectivity index (χ0n) is 20.8. The molecule has 0 N–H and O–H groups in total. The van der Waals surface area contributed by atoms with Gasteiger partial charge in [0.2, 0.25) is 5.91 Å². The molecule has 0 saturated carbocycles. The van der Waals surface area contributed by atoms with Crippen molar-refractivity contribution in [3.05, 3.63) is 0 Å². The number of halogens is 1. The van der Waals surface area contributed by atoms with Crippen molar-refractivity contribution in [1.82, 2.24) is 4.90 Å². The monoisotopic (exact) mass is 462 g/mol. The fourth-order valence-corrected chi connectivity index (χ4v) is 4.50. The third-order valence-corrected chi connectivity index (χ3v) is 6.46. The molecule has 1 aliphatic heterocycles. The third-order valence-electron chi connectivity index (χ3n) is 6.46. The molecule has 1 aliphatic rings. The van der Waals surface area contributed by atoms with Crippen LogP contribution in [0, 0.1) is 0 Å². The predicted molar refractivity (Wildman–Crippen MR) is 126 cm³/mol. The second-order valence-corrected chi connectivity index (χ2v) is 8.99. The van der Waals surface area contributed by atoms with E-state index in [9.17, 15) is 4.79 Å². The maximum atomic E-state index is 12.3. The topological polar surface area (TPSA) is 38.8 Å². The van der Waals surface area contributed by atoms with Crippen LogP contribution in [0.3, 0.4) is 0 Å². The molecule has 5 nitrogen and oxygen atoms in total. The molecule has 1 rings (SSSR count). The van der Waals surface area contributed by atoms with E-state index in [1.807, 2.05) is 0 Å². The molecule has 0 radical (unpaired) electrons. The molecule has 186 valence electrons. The summed E-state index contributed by atoms with van der Waals surface area (Å²) in [6.45, 7) is 14.3. The molecule has 0 aromatic rings. The van der Waals surface area contributed by atoms with Gasteiger partial charge in [-0.15, -0.1) is 0 Å². The minimum atomic E-state index is 0. The van der Waals surface area contributed by atoms with Gasteiger partial charge in [0.1, 0.15) is 13.1 Å². The van der Waals surface area contributed by atoms with E-state index in [4.69, 9.17) is 9.47 Å². The van der Waals surface area contributed by atoms with Gasteiger partial charge in [-0.2, -0.15) is 0 Å². The lowest BCUT2D eigenvalue weighted by Crippen LogP contribution is -3.00. The molecule has 0 aliphatic carbocycles. The highest BCUT2D eigenvalue weighted by Gasteiger charge is 2.33. The van der Waals surface area contributed by atoms with E-state index >= 15 is 0 Å². The lowest BCUT2D eigenvalue weighted by atomic mass is 10.1. The number of hydrogen-bond acceptors (Lipinski definition) is 3. The molecule has 0 unspecified atom stereocenters. The Labute approximate surface area is 199 Å². The molecule has 6 heteroatoms. The number of amides is 1. The smallest absolute Gasteiger partial charge is 0.226 e. The van der Waals surface area contributed by atoms with Crippen molar-refractivity contribution in [1.29, 1.82) is 0 Å². The van der Waals surface area contributed by atoms with Crippen molar-refractivity contribution >= 4 is 5.91 Å². The molecule has 1 amide bonds. The third kappa shape index (κ3) is 14.4. The summed E-state index contributed by atoms with van der Waals surface area (Å²) in [6.07, 6.45) is 15.3. The van der Waals surface area contributed by atoms with Crippen molar-refractivity contribution < 1.29 is 31.2 Å². The van der Waals surface area contributed by atoms with Gasteiger partial charge in [-0.05, 0) is 33.1 Å². The van der Waals surface area contributed by atoms with E-state index in [0.29, 0.717) is 5.91 Å². The first-order valence-electron chi connectivity index (χ1n) is 13.0. The van der Waals surface area contributed by atoms with Crippen LogP contribution in [0.1, 0.15) is 97.8 Å². The number of rotatable bonds is 21. The van der Waals surface area contributed by atoms with E-state index in [-0.39, 0.29) is 12.4 Å². The fourth-order valence-electron chi connectivity index (χ4n) is 4.50. The number of carbonyl (C=O) groups excluding carboxylic acids is 1. The summed E-state index contributed by atoms with van der Waals surface area (Å²) < 4.78 is 12.4. The zero-order chi connectivity index (χ0) is 21.9. The minimum Gasteiger partial charge on any atom is -1.00 e. The first-order chi connectivity index (χ1) is 14.7. The van der Waals surface area contributed by atoms with Crippen LogP contribution in [0.5, 0.6) is 0 Å². The number of nitrogens with zero attached hydrogens (tertiary/aromatic N) is 2. The van der Waals surface area contributed by atoms with E-state index < -0.39 is 0 Å². The normalized spacial score (nSPS) is 14.3. The fraction of sp³-hybridized carbons (Fsp3) is 0.960. The number of ether oxygens (including phenoxy) is 2. The maximum absolute atomic E-state index is 12.3. The first-order valence-corrected chi connectivity index (χ1v) is 13.0. The Morgan fingerprint density at radius 3 is 1.74 bits per heavy atom. The number of likely N-dealkylation sites (tertiary alicyclic amines) is 1. The van der Waals surface area contributed by atoms with E-state index in [2.05, 4.69) is 25.7 Å². The van der Waals surface area contributed by atoms with Crippen LogP contribution in [-0.4, -0.2) is 74.6 Å². The van der Waals surface area contributed by atoms with E-state index in [1.165, 1.54) is 64.2 Å². The van der Waals surface area contributed by atoms with Crippen LogP contribution < -0.4 is 12.4 Å². The molecular weight excluding hydrogens is 412 g/mol. The van der Waals surface area contributed by atoms with Gasteiger partial charge in [0.25, 0.3) is 0 Å². The van der Waals surface area contributed by atoms with Crippen molar-refractivity contribution in [2.45, 2.75) is 97.8 Å². The quantitative estimate of drug-likeness (QED) is 0.194. The summed E-state index contributed by atoms with van der Waals surface area (Å²) in [5.41, 5.74) is 0. The van der Waals surface area contributed by atoms with E-state index in [1.54, 1.807) is 0 Å². The van der Waals surface area contributed by atoms with Crippen molar-refractivity contribution in [2.24, 2.45) is 0 Å². The van der Waals surface area contributed by atoms with Gasteiger partial charge >= 0.3 is 0 Å². The average molecular weight is 463 g/mol. The Hall–Kier alpha value is -0.360. The van der Waals surface area contributed by atoms with Crippen LogP contribution in [-0.2, 0) is 14.3 Å². The molecule has 31 heavy (non-hydrogen) atoms. The molecule has 0 aromatic heterocycles. The number of hydrogen-bond donors (Lipinski definition) is 0. The zero-order valence-corrected chi connectivity index (χ0v) is 21.6. The highest BCUT2D eigenvalue weighted by molar-refractivity contribution is 5.77. The summed E-state index contributed by atoms with van der Waals surface area (Å²) in [6, 6.07) is 0. The SMILES string of the molecule is CCCCCCCCCCCC[N+](CCOCC)(CCOCC)CN1CCCC1=O.[Cl-]. The first kappa shape index (κ1) is 30.6. The van der Waals surface area contributed by atoms with Crippen molar-refractivity contribution in [3.63, 3.8) is 0 Å². The van der Waals surface area contributed by atoms with Crippen LogP contribution >= 0.6 is 0 Å². The Bertz CT molecular complexity index is 414. The molecule has 1 heterocycles. The lowest BCUT2D eigenvalue weighted by Gasteiger charge is -2.41. The van der Waals surface area contributed by atoms with Crippen LogP contribution in [0.4, 0.5) is 0 Å². The molecular formula is C25H51ClN2O3. The minimum absolute atomic E-state index is 0. The average Bonchev–Trinajstić information content (AvgIpc) is 3.14. The summed E-state index contributed by atoms with van der Waals surface area (Å²) in [5, 5.41) is 0. The van der Waals surface area contributed by atoms with Gasteiger partial charge in [-0.25, -0.2) is 0 Å². The molecule has 1 fully saturated rings. The van der Waals surface area contributed by atoms with Crippen LogP contribution in [0.2, 0.25) is 0 Å². The molecule has 0 bridgehead atoms. The Kier molecular flexibility index (Phi) is 20.0.